The molecular formula is C20H24N2O3S. The molecule has 5 nitrogen and oxygen atoms in total. The quantitative estimate of drug-likeness (QED) is 0.895. The SMILES string of the molecule is Cc1ccc(NC(=O)C2CCN(S(=O)(=O)c3ccc(C)cc3)CC2)cc1. The Morgan fingerprint density at radius 2 is 1.42 bits per heavy atom. The van der Waals surface area contributed by atoms with E-state index in [1.807, 2.05) is 38.1 Å². The lowest BCUT2D eigenvalue weighted by molar-refractivity contribution is -0.120. The van der Waals surface area contributed by atoms with E-state index in [0.29, 0.717) is 30.8 Å². The van der Waals surface area contributed by atoms with E-state index in [9.17, 15) is 13.2 Å². The number of piperidine rings is 1. The number of sulfonamides is 1. The lowest BCUT2D eigenvalue weighted by Gasteiger charge is -2.30. The molecule has 0 unspecified atom stereocenters. The molecule has 0 atom stereocenters. The summed E-state index contributed by atoms with van der Waals surface area (Å²) in [5.41, 5.74) is 2.93. The molecule has 0 aliphatic carbocycles. The van der Waals surface area contributed by atoms with Crippen molar-refractivity contribution in [3.8, 4) is 0 Å². The standard InChI is InChI=1S/C20H24N2O3S/c1-15-3-7-18(8-4-15)21-20(23)17-11-13-22(14-12-17)26(24,25)19-9-5-16(2)6-10-19/h3-10,17H,11-14H2,1-2H3,(H,21,23). The molecule has 3 rings (SSSR count). The molecule has 1 fully saturated rings. The van der Waals surface area contributed by atoms with E-state index < -0.39 is 10.0 Å². The van der Waals surface area contributed by atoms with Crippen LogP contribution in [0, 0.1) is 19.8 Å². The Labute approximate surface area is 155 Å². The second-order valence-corrected chi connectivity index (χ2v) is 8.78. The molecule has 6 heteroatoms. The van der Waals surface area contributed by atoms with Crippen LogP contribution in [0.15, 0.2) is 53.4 Å². The number of amides is 1. The zero-order chi connectivity index (χ0) is 18.7. The summed E-state index contributed by atoms with van der Waals surface area (Å²) in [6.45, 7) is 4.65. The van der Waals surface area contributed by atoms with Crippen molar-refractivity contribution in [3.05, 3.63) is 59.7 Å². The fourth-order valence-electron chi connectivity index (χ4n) is 3.10. The van der Waals surface area contributed by atoms with Crippen LogP contribution in [0.5, 0.6) is 0 Å². The minimum absolute atomic E-state index is 0.0405. The van der Waals surface area contributed by atoms with Crippen LogP contribution in [0.4, 0.5) is 5.69 Å². The molecule has 1 heterocycles. The number of rotatable bonds is 4. The molecule has 2 aromatic rings. The summed E-state index contributed by atoms with van der Waals surface area (Å²) >= 11 is 0. The van der Waals surface area contributed by atoms with Gasteiger partial charge in [0.05, 0.1) is 4.90 Å². The lowest BCUT2D eigenvalue weighted by Crippen LogP contribution is -2.41. The van der Waals surface area contributed by atoms with Gasteiger partial charge >= 0.3 is 0 Å². The first-order valence-corrected chi connectivity index (χ1v) is 10.2. The topological polar surface area (TPSA) is 66.5 Å². The molecule has 1 saturated heterocycles. The predicted octanol–water partition coefficient (Wildman–Crippen LogP) is 3.34. The lowest BCUT2D eigenvalue weighted by atomic mass is 9.97. The molecular weight excluding hydrogens is 348 g/mol. The molecule has 2 aromatic carbocycles. The van der Waals surface area contributed by atoms with Crippen LogP contribution in [-0.2, 0) is 14.8 Å². The van der Waals surface area contributed by atoms with E-state index in [4.69, 9.17) is 0 Å². The maximum absolute atomic E-state index is 12.7. The van der Waals surface area contributed by atoms with Gasteiger partial charge in [-0.2, -0.15) is 4.31 Å². The van der Waals surface area contributed by atoms with Gasteiger partial charge in [-0.05, 0) is 51.0 Å². The normalized spacial score (nSPS) is 16.4. The van der Waals surface area contributed by atoms with E-state index >= 15 is 0 Å². The van der Waals surface area contributed by atoms with Gasteiger partial charge in [0, 0.05) is 24.7 Å². The number of benzene rings is 2. The smallest absolute Gasteiger partial charge is 0.243 e. The number of hydrogen-bond acceptors (Lipinski definition) is 3. The third-order valence-corrected chi connectivity index (χ3v) is 6.72. The summed E-state index contributed by atoms with van der Waals surface area (Å²) in [4.78, 5) is 12.7. The van der Waals surface area contributed by atoms with Crippen molar-refractivity contribution in [2.24, 2.45) is 5.92 Å². The highest BCUT2D eigenvalue weighted by atomic mass is 32.2. The number of hydrogen-bond donors (Lipinski definition) is 1. The summed E-state index contributed by atoms with van der Waals surface area (Å²) in [5.74, 6) is -0.206. The Balaban J connectivity index is 1.60. The number of anilines is 1. The van der Waals surface area contributed by atoms with Gasteiger partial charge in [-0.25, -0.2) is 8.42 Å². The van der Waals surface area contributed by atoms with E-state index in [-0.39, 0.29) is 11.8 Å². The Morgan fingerprint density at radius 3 is 1.96 bits per heavy atom. The average molecular weight is 372 g/mol. The van der Waals surface area contributed by atoms with Crippen LogP contribution < -0.4 is 5.32 Å². The Morgan fingerprint density at radius 1 is 0.923 bits per heavy atom. The van der Waals surface area contributed by atoms with Gasteiger partial charge < -0.3 is 5.32 Å². The van der Waals surface area contributed by atoms with E-state index in [0.717, 1.165) is 16.8 Å². The van der Waals surface area contributed by atoms with E-state index in [2.05, 4.69) is 5.32 Å². The monoisotopic (exact) mass is 372 g/mol. The number of nitrogens with one attached hydrogen (secondary N) is 1. The van der Waals surface area contributed by atoms with Gasteiger partial charge in [0.1, 0.15) is 0 Å². The molecule has 26 heavy (non-hydrogen) atoms. The van der Waals surface area contributed by atoms with Gasteiger partial charge in [0.15, 0.2) is 0 Å². The van der Waals surface area contributed by atoms with Gasteiger partial charge in [0.25, 0.3) is 0 Å². The number of carbonyl (C=O) groups is 1. The van der Waals surface area contributed by atoms with Gasteiger partial charge in [0.2, 0.25) is 15.9 Å². The van der Waals surface area contributed by atoms with Crippen LogP contribution >= 0.6 is 0 Å². The third-order valence-electron chi connectivity index (χ3n) is 4.80. The minimum Gasteiger partial charge on any atom is -0.326 e. The van der Waals surface area contributed by atoms with E-state index in [1.165, 1.54) is 4.31 Å². The maximum Gasteiger partial charge on any atom is 0.243 e. The molecule has 0 bridgehead atoms. The largest absolute Gasteiger partial charge is 0.326 e. The summed E-state index contributed by atoms with van der Waals surface area (Å²) in [6, 6.07) is 14.5. The number of nitrogens with zero attached hydrogens (tertiary/aromatic N) is 1. The second kappa shape index (κ2) is 7.60. The summed E-state index contributed by atoms with van der Waals surface area (Å²) in [6.07, 6.45) is 1.06. The molecule has 1 aliphatic heterocycles. The number of aryl methyl sites for hydroxylation is 2. The highest BCUT2D eigenvalue weighted by Crippen LogP contribution is 2.25. The molecule has 0 saturated carbocycles. The Kier molecular flexibility index (Phi) is 5.44. The van der Waals surface area contributed by atoms with Gasteiger partial charge in [-0.15, -0.1) is 0 Å². The van der Waals surface area contributed by atoms with Crippen LogP contribution in [0.25, 0.3) is 0 Å². The van der Waals surface area contributed by atoms with Crippen molar-refractivity contribution in [1.82, 2.24) is 4.31 Å². The molecule has 0 aromatic heterocycles. The summed E-state index contributed by atoms with van der Waals surface area (Å²) < 4.78 is 26.9. The van der Waals surface area contributed by atoms with Crippen LogP contribution in [0.2, 0.25) is 0 Å². The fourth-order valence-corrected chi connectivity index (χ4v) is 4.57. The predicted molar refractivity (Wildman–Crippen MR) is 102 cm³/mol. The number of carbonyl (C=O) groups excluding carboxylic acids is 1. The van der Waals surface area contributed by atoms with Crippen molar-refractivity contribution < 1.29 is 13.2 Å². The molecule has 138 valence electrons. The van der Waals surface area contributed by atoms with Crippen LogP contribution in [0.1, 0.15) is 24.0 Å². The van der Waals surface area contributed by atoms with Gasteiger partial charge in [-0.1, -0.05) is 35.4 Å². The zero-order valence-corrected chi connectivity index (χ0v) is 15.9. The van der Waals surface area contributed by atoms with Crippen molar-refractivity contribution >= 4 is 21.6 Å². The Bertz CT molecular complexity index is 866. The van der Waals surface area contributed by atoms with Crippen molar-refractivity contribution in [2.45, 2.75) is 31.6 Å². The molecule has 0 radical (unpaired) electrons. The molecule has 1 aliphatic rings. The molecule has 1 amide bonds. The first-order valence-electron chi connectivity index (χ1n) is 8.80. The summed E-state index contributed by atoms with van der Waals surface area (Å²) in [5, 5.41) is 2.92. The highest BCUT2D eigenvalue weighted by Gasteiger charge is 2.32. The third kappa shape index (κ3) is 4.14. The highest BCUT2D eigenvalue weighted by molar-refractivity contribution is 7.89. The first-order chi connectivity index (χ1) is 12.4. The molecule has 1 N–H and O–H groups in total. The summed E-state index contributed by atoms with van der Waals surface area (Å²) in [7, 11) is -3.49. The maximum atomic E-state index is 12.7. The minimum atomic E-state index is -3.49. The zero-order valence-electron chi connectivity index (χ0n) is 15.1. The second-order valence-electron chi connectivity index (χ2n) is 6.85. The van der Waals surface area contributed by atoms with Crippen LogP contribution in [0.3, 0.4) is 0 Å². The Hall–Kier alpha value is -2.18. The van der Waals surface area contributed by atoms with Crippen molar-refractivity contribution in [2.75, 3.05) is 18.4 Å². The van der Waals surface area contributed by atoms with Crippen LogP contribution in [-0.4, -0.2) is 31.7 Å². The average Bonchev–Trinajstić information content (AvgIpc) is 2.64. The fraction of sp³-hybridized carbons (Fsp3) is 0.350. The van der Waals surface area contributed by atoms with Crippen molar-refractivity contribution in [1.29, 1.82) is 0 Å². The van der Waals surface area contributed by atoms with Gasteiger partial charge in [-0.3, -0.25) is 4.79 Å². The van der Waals surface area contributed by atoms with Crippen molar-refractivity contribution in [3.63, 3.8) is 0 Å². The van der Waals surface area contributed by atoms with E-state index in [1.54, 1.807) is 24.3 Å². The first kappa shape index (κ1) is 18.6. The molecule has 0 spiro atoms.